The Labute approximate surface area is 132 Å². The molecule has 1 aliphatic rings. The van der Waals surface area contributed by atoms with E-state index in [9.17, 15) is 4.79 Å². The molecule has 0 aromatic heterocycles. The average molecular weight is 306 g/mol. The maximum Gasteiger partial charge on any atom is 0.232 e. The first-order valence-corrected chi connectivity index (χ1v) is 8.71. The molecule has 116 valence electrons. The SMILES string of the molecule is Cc1c(N)cccc1SCC(=O)N(C)C1CCC(C)CC1. The number of nitrogens with zero attached hydrogens (tertiary/aromatic N) is 1. The number of rotatable bonds is 4. The lowest BCUT2D eigenvalue weighted by molar-refractivity contribution is -0.129. The zero-order valence-electron chi connectivity index (χ0n) is 13.3. The number of benzene rings is 1. The van der Waals surface area contributed by atoms with Crippen LogP contribution >= 0.6 is 11.8 Å². The van der Waals surface area contributed by atoms with Crippen LogP contribution in [-0.2, 0) is 4.79 Å². The minimum Gasteiger partial charge on any atom is -0.398 e. The molecule has 1 amide bonds. The first kappa shape index (κ1) is 16.2. The van der Waals surface area contributed by atoms with Crippen molar-refractivity contribution < 1.29 is 4.79 Å². The Balaban J connectivity index is 1.88. The molecular weight excluding hydrogens is 280 g/mol. The molecule has 0 spiro atoms. The molecule has 1 saturated carbocycles. The van der Waals surface area contributed by atoms with Crippen molar-refractivity contribution in [3.05, 3.63) is 23.8 Å². The lowest BCUT2D eigenvalue weighted by Gasteiger charge is -2.33. The van der Waals surface area contributed by atoms with Gasteiger partial charge in [0.05, 0.1) is 5.75 Å². The zero-order valence-corrected chi connectivity index (χ0v) is 14.1. The van der Waals surface area contributed by atoms with Gasteiger partial charge in [0.1, 0.15) is 0 Å². The third-order valence-corrected chi connectivity index (χ3v) is 5.75. The van der Waals surface area contributed by atoms with E-state index in [4.69, 9.17) is 5.73 Å². The molecule has 0 atom stereocenters. The molecule has 0 aliphatic heterocycles. The highest BCUT2D eigenvalue weighted by molar-refractivity contribution is 8.00. The third kappa shape index (κ3) is 4.16. The predicted molar refractivity (Wildman–Crippen MR) is 90.5 cm³/mol. The van der Waals surface area contributed by atoms with Gasteiger partial charge in [-0.05, 0) is 56.2 Å². The van der Waals surface area contributed by atoms with Gasteiger partial charge in [-0.1, -0.05) is 13.0 Å². The molecule has 21 heavy (non-hydrogen) atoms. The molecule has 3 nitrogen and oxygen atoms in total. The van der Waals surface area contributed by atoms with Gasteiger partial charge >= 0.3 is 0 Å². The molecule has 1 aliphatic carbocycles. The van der Waals surface area contributed by atoms with Crippen molar-refractivity contribution in [2.24, 2.45) is 5.92 Å². The van der Waals surface area contributed by atoms with Crippen LogP contribution in [0.4, 0.5) is 5.69 Å². The molecule has 1 aromatic carbocycles. The summed E-state index contributed by atoms with van der Waals surface area (Å²) in [7, 11) is 1.95. The number of carbonyl (C=O) groups is 1. The van der Waals surface area contributed by atoms with Gasteiger partial charge in [-0.25, -0.2) is 0 Å². The molecule has 2 N–H and O–H groups in total. The van der Waals surface area contributed by atoms with E-state index in [0.29, 0.717) is 11.8 Å². The van der Waals surface area contributed by atoms with Gasteiger partial charge in [0.2, 0.25) is 5.91 Å². The van der Waals surface area contributed by atoms with Crippen LogP contribution in [0.25, 0.3) is 0 Å². The zero-order chi connectivity index (χ0) is 15.4. The van der Waals surface area contributed by atoms with Crippen LogP contribution < -0.4 is 5.73 Å². The summed E-state index contributed by atoms with van der Waals surface area (Å²) < 4.78 is 0. The largest absolute Gasteiger partial charge is 0.398 e. The number of hydrogen-bond acceptors (Lipinski definition) is 3. The Kier molecular flexibility index (Phi) is 5.57. The first-order chi connectivity index (χ1) is 9.99. The van der Waals surface area contributed by atoms with E-state index in [1.165, 1.54) is 12.8 Å². The van der Waals surface area contributed by atoms with E-state index in [1.807, 2.05) is 37.1 Å². The fourth-order valence-electron chi connectivity index (χ4n) is 2.86. The summed E-state index contributed by atoms with van der Waals surface area (Å²) >= 11 is 1.59. The molecule has 1 fully saturated rings. The summed E-state index contributed by atoms with van der Waals surface area (Å²) in [6.07, 6.45) is 4.77. The van der Waals surface area contributed by atoms with Crippen molar-refractivity contribution in [3.8, 4) is 0 Å². The monoisotopic (exact) mass is 306 g/mol. The topological polar surface area (TPSA) is 46.3 Å². The second kappa shape index (κ2) is 7.21. The lowest BCUT2D eigenvalue weighted by atomic mass is 9.87. The molecule has 0 saturated heterocycles. The summed E-state index contributed by atoms with van der Waals surface area (Å²) in [4.78, 5) is 15.4. The van der Waals surface area contributed by atoms with Gasteiger partial charge < -0.3 is 10.6 Å². The Morgan fingerprint density at radius 2 is 2.00 bits per heavy atom. The highest BCUT2D eigenvalue weighted by atomic mass is 32.2. The Morgan fingerprint density at radius 3 is 2.67 bits per heavy atom. The lowest BCUT2D eigenvalue weighted by Crippen LogP contribution is -2.40. The number of thioether (sulfide) groups is 1. The maximum atomic E-state index is 12.4. The number of nitrogen functional groups attached to an aromatic ring is 1. The second-order valence-electron chi connectivity index (χ2n) is 6.18. The standard InChI is InChI=1S/C17H26N2OS/c1-12-7-9-14(10-8-12)19(3)17(20)11-21-16-6-4-5-15(18)13(16)2/h4-6,12,14H,7-11,18H2,1-3H3. The molecular formula is C17H26N2OS. The van der Waals surface area contributed by atoms with Gasteiger partial charge in [-0.15, -0.1) is 11.8 Å². The number of amides is 1. The van der Waals surface area contributed by atoms with E-state index in [2.05, 4.69) is 6.92 Å². The molecule has 1 aromatic rings. The second-order valence-corrected chi connectivity index (χ2v) is 7.19. The minimum atomic E-state index is 0.223. The van der Waals surface area contributed by atoms with Crippen molar-refractivity contribution >= 4 is 23.4 Å². The third-order valence-electron chi connectivity index (χ3n) is 4.60. The summed E-state index contributed by atoms with van der Waals surface area (Å²) in [5.41, 5.74) is 7.78. The van der Waals surface area contributed by atoms with Gasteiger partial charge in [0.25, 0.3) is 0 Å². The summed E-state index contributed by atoms with van der Waals surface area (Å²) in [5.74, 6) is 1.53. The average Bonchev–Trinajstić information content (AvgIpc) is 2.48. The summed E-state index contributed by atoms with van der Waals surface area (Å²) in [5, 5.41) is 0. The first-order valence-electron chi connectivity index (χ1n) is 7.72. The molecule has 0 radical (unpaired) electrons. The van der Waals surface area contributed by atoms with Crippen LogP contribution in [-0.4, -0.2) is 29.6 Å². The quantitative estimate of drug-likeness (QED) is 0.681. The van der Waals surface area contributed by atoms with Crippen molar-refractivity contribution in [1.82, 2.24) is 4.90 Å². The number of nitrogens with two attached hydrogens (primary N) is 1. The Bertz CT molecular complexity index is 496. The Hall–Kier alpha value is -1.16. The van der Waals surface area contributed by atoms with E-state index in [0.717, 1.165) is 34.9 Å². The van der Waals surface area contributed by atoms with E-state index in [1.54, 1.807) is 11.8 Å². The van der Waals surface area contributed by atoms with Gasteiger partial charge in [0, 0.05) is 23.7 Å². The van der Waals surface area contributed by atoms with Gasteiger partial charge in [-0.3, -0.25) is 4.79 Å². The highest BCUT2D eigenvalue weighted by Crippen LogP contribution is 2.29. The number of hydrogen-bond donors (Lipinski definition) is 1. The van der Waals surface area contributed by atoms with E-state index in [-0.39, 0.29) is 5.91 Å². The normalized spacial score (nSPS) is 22.0. The molecule has 0 bridgehead atoms. The van der Waals surface area contributed by atoms with Crippen LogP contribution in [0, 0.1) is 12.8 Å². The number of carbonyl (C=O) groups excluding carboxylic acids is 1. The van der Waals surface area contributed by atoms with Crippen LogP contribution in [0.5, 0.6) is 0 Å². The highest BCUT2D eigenvalue weighted by Gasteiger charge is 2.24. The van der Waals surface area contributed by atoms with Crippen molar-refractivity contribution in [1.29, 1.82) is 0 Å². The van der Waals surface area contributed by atoms with Gasteiger partial charge in [-0.2, -0.15) is 0 Å². The fraction of sp³-hybridized carbons (Fsp3) is 0.588. The van der Waals surface area contributed by atoms with Crippen LogP contribution in [0.2, 0.25) is 0 Å². The predicted octanol–water partition coefficient (Wildman–Crippen LogP) is 3.71. The smallest absolute Gasteiger partial charge is 0.232 e. The van der Waals surface area contributed by atoms with Gasteiger partial charge in [0.15, 0.2) is 0 Å². The minimum absolute atomic E-state index is 0.223. The van der Waals surface area contributed by atoms with Crippen molar-refractivity contribution in [2.75, 3.05) is 18.5 Å². The molecule has 4 heteroatoms. The van der Waals surface area contributed by atoms with Crippen molar-refractivity contribution in [3.63, 3.8) is 0 Å². The molecule has 0 unspecified atom stereocenters. The van der Waals surface area contributed by atoms with Crippen LogP contribution in [0.1, 0.15) is 38.2 Å². The van der Waals surface area contributed by atoms with Crippen LogP contribution in [0.15, 0.2) is 23.1 Å². The summed E-state index contributed by atoms with van der Waals surface area (Å²) in [6, 6.07) is 6.31. The summed E-state index contributed by atoms with van der Waals surface area (Å²) in [6.45, 7) is 4.31. The Morgan fingerprint density at radius 1 is 1.33 bits per heavy atom. The van der Waals surface area contributed by atoms with E-state index >= 15 is 0 Å². The fourth-order valence-corrected chi connectivity index (χ4v) is 3.85. The number of anilines is 1. The van der Waals surface area contributed by atoms with Crippen molar-refractivity contribution in [2.45, 2.75) is 50.5 Å². The maximum absolute atomic E-state index is 12.4. The van der Waals surface area contributed by atoms with Crippen LogP contribution in [0.3, 0.4) is 0 Å². The molecule has 0 heterocycles. The molecule has 2 rings (SSSR count). The van der Waals surface area contributed by atoms with E-state index < -0.39 is 0 Å².